The molecule has 2 heterocycles. The fraction of sp³-hybridized carbons (Fsp3) is 0.786. The van der Waals surface area contributed by atoms with Gasteiger partial charge in [-0.3, -0.25) is 0 Å². The van der Waals surface area contributed by atoms with Crippen LogP contribution in [0.3, 0.4) is 0 Å². The van der Waals surface area contributed by atoms with Gasteiger partial charge in [-0.1, -0.05) is 0 Å². The van der Waals surface area contributed by atoms with Crippen molar-refractivity contribution in [3.05, 3.63) is 17.8 Å². The van der Waals surface area contributed by atoms with Gasteiger partial charge in [0.25, 0.3) is 0 Å². The number of likely N-dealkylation sites (tertiary alicyclic amines) is 1. The molecule has 0 aromatic carbocycles. The quantitative estimate of drug-likeness (QED) is 0.892. The third-order valence-corrected chi connectivity index (χ3v) is 3.68. The van der Waals surface area contributed by atoms with E-state index < -0.39 is 0 Å². The SMILES string of the molecule is CC(O)Cc1coc(C2CCN(C(C)C)CC2)n1. The molecule has 2 rings (SSSR count). The summed E-state index contributed by atoms with van der Waals surface area (Å²) in [6.45, 7) is 8.50. The second kappa shape index (κ2) is 5.85. The molecule has 4 nitrogen and oxygen atoms in total. The minimum absolute atomic E-state index is 0.356. The molecule has 1 N–H and O–H groups in total. The highest BCUT2D eigenvalue weighted by molar-refractivity contribution is 5.03. The summed E-state index contributed by atoms with van der Waals surface area (Å²) in [7, 11) is 0. The van der Waals surface area contributed by atoms with E-state index in [1.165, 1.54) is 0 Å². The van der Waals surface area contributed by atoms with E-state index in [-0.39, 0.29) is 6.10 Å². The highest BCUT2D eigenvalue weighted by atomic mass is 16.3. The Morgan fingerprint density at radius 1 is 1.39 bits per heavy atom. The lowest BCUT2D eigenvalue weighted by Crippen LogP contribution is -2.37. The van der Waals surface area contributed by atoms with Gasteiger partial charge < -0.3 is 14.4 Å². The van der Waals surface area contributed by atoms with E-state index in [4.69, 9.17) is 4.42 Å². The van der Waals surface area contributed by atoms with Crippen molar-refractivity contribution in [1.82, 2.24) is 9.88 Å². The largest absolute Gasteiger partial charge is 0.448 e. The molecule has 0 bridgehead atoms. The zero-order valence-electron chi connectivity index (χ0n) is 11.6. The monoisotopic (exact) mass is 252 g/mol. The zero-order chi connectivity index (χ0) is 13.1. The maximum absolute atomic E-state index is 9.33. The third-order valence-electron chi connectivity index (χ3n) is 3.68. The van der Waals surface area contributed by atoms with Crippen LogP contribution in [-0.2, 0) is 6.42 Å². The highest BCUT2D eigenvalue weighted by Gasteiger charge is 2.25. The van der Waals surface area contributed by atoms with E-state index in [9.17, 15) is 5.11 Å². The molecule has 1 aliphatic heterocycles. The Hall–Kier alpha value is -0.870. The fourth-order valence-corrected chi connectivity index (χ4v) is 2.57. The number of hydrogen-bond acceptors (Lipinski definition) is 4. The lowest BCUT2D eigenvalue weighted by atomic mass is 9.96. The van der Waals surface area contributed by atoms with Crippen molar-refractivity contribution in [3.63, 3.8) is 0 Å². The molecule has 4 heteroatoms. The number of hydrogen-bond donors (Lipinski definition) is 1. The van der Waals surface area contributed by atoms with E-state index >= 15 is 0 Å². The predicted octanol–water partition coefficient (Wildman–Crippen LogP) is 2.19. The van der Waals surface area contributed by atoms with Crippen LogP contribution in [0.25, 0.3) is 0 Å². The van der Waals surface area contributed by atoms with E-state index in [2.05, 4.69) is 23.7 Å². The molecule has 1 aromatic heterocycles. The summed E-state index contributed by atoms with van der Waals surface area (Å²) in [5.41, 5.74) is 0.867. The molecule has 102 valence electrons. The molecule has 18 heavy (non-hydrogen) atoms. The van der Waals surface area contributed by atoms with E-state index in [0.717, 1.165) is 37.5 Å². The van der Waals surface area contributed by atoms with Crippen molar-refractivity contribution in [3.8, 4) is 0 Å². The Labute approximate surface area is 109 Å². The van der Waals surface area contributed by atoms with Crippen molar-refractivity contribution >= 4 is 0 Å². The van der Waals surface area contributed by atoms with Gasteiger partial charge in [-0.2, -0.15) is 0 Å². The fourth-order valence-electron chi connectivity index (χ4n) is 2.57. The second-order valence-corrected chi connectivity index (χ2v) is 5.63. The van der Waals surface area contributed by atoms with E-state index in [1.54, 1.807) is 13.2 Å². The molecule has 1 saturated heterocycles. The maximum Gasteiger partial charge on any atom is 0.197 e. The second-order valence-electron chi connectivity index (χ2n) is 5.63. The van der Waals surface area contributed by atoms with Crippen LogP contribution in [0.5, 0.6) is 0 Å². The molecular weight excluding hydrogens is 228 g/mol. The van der Waals surface area contributed by atoms with Crippen molar-refractivity contribution in [2.24, 2.45) is 0 Å². The Balaban J connectivity index is 1.91. The number of aliphatic hydroxyl groups is 1. The van der Waals surface area contributed by atoms with Gasteiger partial charge in [-0.25, -0.2) is 4.98 Å². The Morgan fingerprint density at radius 2 is 2.06 bits per heavy atom. The predicted molar refractivity (Wildman–Crippen MR) is 70.6 cm³/mol. The first-order chi connectivity index (χ1) is 8.56. The van der Waals surface area contributed by atoms with Gasteiger partial charge in [-0.15, -0.1) is 0 Å². The zero-order valence-corrected chi connectivity index (χ0v) is 11.6. The minimum atomic E-state index is -0.356. The topological polar surface area (TPSA) is 49.5 Å². The van der Waals surface area contributed by atoms with Crippen LogP contribution in [-0.4, -0.2) is 40.2 Å². The maximum atomic E-state index is 9.33. The van der Waals surface area contributed by atoms with E-state index in [0.29, 0.717) is 18.4 Å². The normalized spacial score (nSPS) is 20.5. The third kappa shape index (κ3) is 3.33. The standard InChI is InChI=1S/C14H24N2O2/c1-10(2)16-6-4-12(5-7-16)14-15-13(9-18-14)8-11(3)17/h9-12,17H,4-8H2,1-3H3. The molecule has 0 amide bonds. The average Bonchev–Trinajstić information content (AvgIpc) is 2.76. The average molecular weight is 252 g/mol. The molecule has 1 fully saturated rings. The summed E-state index contributed by atoms with van der Waals surface area (Å²) < 4.78 is 5.56. The van der Waals surface area contributed by atoms with Gasteiger partial charge in [0.15, 0.2) is 5.89 Å². The lowest BCUT2D eigenvalue weighted by molar-refractivity contribution is 0.163. The van der Waals surface area contributed by atoms with Gasteiger partial charge >= 0.3 is 0 Å². The summed E-state index contributed by atoms with van der Waals surface area (Å²) in [5.74, 6) is 1.30. The van der Waals surface area contributed by atoms with Gasteiger partial charge in [0.1, 0.15) is 6.26 Å². The molecule has 1 atom stereocenters. The van der Waals surface area contributed by atoms with Crippen LogP contribution in [0, 0.1) is 0 Å². The van der Waals surface area contributed by atoms with Crippen molar-refractivity contribution in [2.75, 3.05) is 13.1 Å². The Bertz CT molecular complexity index is 366. The Morgan fingerprint density at radius 3 is 2.61 bits per heavy atom. The minimum Gasteiger partial charge on any atom is -0.448 e. The van der Waals surface area contributed by atoms with Gasteiger partial charge in [-0.05, 0) is 46.7 Å². The van der Waals surface area contributed by atoms with Crippen LogP contribution in [0.15, 0.2) is 10.7 Å². The summed E-state index contributed by atoms with van der Waals surface area (Å²) >= 11 is 0. The number of aliphatic hydroxyl groups excluding tert-OH is 1. The molecule has 0 radical (unpaired) electrons. The van der Waals surface area contributed by atoms with Crippen LogP contribution in [0.2, 0.25) is 0 Å². The van der Waals surface area contributed by atoms with Crippen LogP contribution < -0.4 is 0 Å². The number of oxazole rings is 1. The number of rotatable bonds is 4. The smallest absolute Gasteiger partial charge is 0.197 e. The van der Waals surface area contributed by atoms with Crippen molar-refractivity contribution in [1.29, 1.82) is 0 Å². The molecule has 1 aromatic rings. The van der Waals surface area contributed by atoms with Crippen LogP contribution in [0.1, 0.15) is 51.1 Å². The molecular formula is C14H24N2O2. The molecule has 1 unspecified atom stereocenters. The molecule has 0 saturated carbocycles. The number of nitrogens with zero attached hydrogens (tertiary/aromatic N) is 2. The van der Waals surface area contributed by atoms with Crippen molar-refractivity contribution in [2.45, 2.75) is 58.1 Å². The number of aromatic nitrogens is 1. The first kappa shape index (κ1) is 13.6. The van der Waals surface area contributed by atoms with Crippen LogP contribution in [0.4, 0.5) is 0 Å². The first-order valence-electron chi connectivity index (χ1n) is 6.92. The van der Waals surface area contributed by atoms with Gasteiger partial charge in [0.05, 0.1) is 11.8 Å². The number of piperidine rings is 1. The van der Waals surface area contributed by atoms with Gasteiger partial charge in [0, 0.05) is 18.4 Å². The summed E-state index contributed by atoms with van der Waals surface area (Å²) in [6, 6.07) is 0.626. The van der Waals surface area contributed by atoms with Crippen LogP contribution >= 0.6 is 0 Å². The molecule has 1 aliphatic rings. The Kier molecular flexibility index (Phi) is 4.40. The summed E-state index contributed by atoms with van der Waals surface area (Å²) in [5, 5.41) is 9.33. The summed E-state index contributed by atoms with van der Waals surface area (Å²) in [6.07, 6.45) is 4.15. The highest BCUT2D eigenvalue weighted by Crippen LogP contribution is 2.28. The molecule has 0 aliphatic carbocycles. The van der Waals surface area contributed by atoms with Crippen molar-refractivity contribution < 1.29 is 9.52 Å². The first-order valence-corrected chi connectivity index (χ1v) is 6.92. The summed E-state index contributed by atoms with van der Waals surface area (Å²) in [4.78, 5) is 6.99. The lowest BCUT2D eigenvalue weighted by Gasteiger charge is -2.33. The van der Waals surface area contributed by atoms with Gasteiger partial charge in [0.2, 0.25) is 0 Å². The molecule has 0 spiro atoms. The van der Waals surface area contributed by atoms with E-state index in [1.807, 2.05) is 0 Å².